The summed E-state index contributed by atoms with van der Waals surface area (Å²) in [5.41, 5.74) is 0.603. The second kappa shape index (κ2) is 6.62. The molecule has 0 aliphatic heterocycles. The normalized spacial score (nSPS) is 12.5. The van der Waals surface area contributed by atoms with Gasteiger partial charge in [0.25, 0.3) is 0 Å². The van der Waals surface area contributed by atoms with Crippen molar-refractivity contribution >= 4 is 15.9 Å². The third-order valence-electron chi connectivity index (χ3n) is 3.30. The molecule has 0 spiro atoms. The fourth-order valence-corrected chi connectivity index (χ4v) is 2.54. The summed E-state index contributed by atoms with van der Waals surface area (Å²) in [6.45, 7) is 3.81. The van der Waals surface area contributed by atoms with Crippen LogP contribution in [0.2, 0.25) is 0 Å². The van der Waals surface area contributed by atoms with E-state index in [0.29, 0.717) is 11.0 Å². The number of aryl methyl sites for hydroxylation is 1. The first-order valence-corrected chi connectivity index (χ1v) is 7.37. The van der Waals surface area contributed by atoms with E-state index in [9.17, 15) is 13.2 Å². The molecule has 1 nitrogen and oxygen atoms in total. The predicted molar refractivity (Wildman–Crippen MR) is 80.7 cm³/mol. The SMILES string of the molecule is CCNC(c1ccc(Br)cc1F)c1ccc(C)c(F)c1F. The number of hydrogen-bond acceptors (Lipinski definition) is 1. The lowest BCUT2D eigenvalue weighted by atomic mass is 9.96. The molecule has 1 atom stereocenters. The highest BCUT2D eigenvalue weighted by Crippen LogP contribution is 2.29. The highest BCUT2D eigenvalue weighted by atomic mass is 79.9. The number of nitrogens with one attached hydrogen (secondary N) is 1. The molecule has 5 heteroatoms. The van der Waals surface area contributed by atoms with Gasteiger partial charge >= 0.3 is 0 Å². The van der Waals surface area contributed by atoms with Crippen molar-refractivity contribution in [3.63, 3.8) is 0 Å². The molecular weight excluding hydrogens is 343 g/mol. The van der Waals surface area contributed by atoms with Crippen LogP contribution in [0.4, 0.5) is 13.2 Å². The molecule has 1 unspecified atom stereocenters. The van der Waals surface area contributed by atoms with Crippen LogP contribution in [0.15, 0.2) is 34.8 Å². The van der Waals surface area contributed by atoms with E-state index in [2.05, 4.69) is 21.2 Å². The summed E-state index contributed by atoms with van der Waals surface area (Å²) in [5.74, 6) is -2.31. The smallest absolute Gasteiger partial charge is 0.164 e. The lowest BCUT2D eigenvalue weighted by molar-refractivity contribution is 0.473. The van der Waals surface area contributed by atoms with Gasteiger partial charge in [0.05, 0.1) is 6.04 Å². The van der Waals surface area contributed by atoms with Gasteiger partial charge in [-0.25, -0.2) is 13.2 Å². The summed E-state index contributed by atoms with van der Waals surface area (Å²) in [7, 11) is 0. The lowest BCUT2D eigenvalue weighted by Crippen LogP contribution is -2.24. The number of hydrogen-bond donors (Lipinski definition) is 1. The van der Waals surface area contributed by atoms with Crippen LogP contribution >= 0.6 is 15.9 Å². The molecule has 0 aliphatic rings. The largest absolute Gasteiger partial charge is 0.306 e. The Hall–Kier alpha value is -1.33. The molecule has 2 aromatic rings. The molecule has 112 valence electrons. The zero-order valence-electron chi connectivity index (χ0n) is 11.7. The molecule has 0 fully saturated rings. The lowest BCUT2D eigenvalue weighted by Gasteiger charge is -2.21. The van der Waals surface area contributed by atoms with E-state index in [0.717, 1.165) is 0 Å². The van der Waals surface area contributed by atoms with Crippen molar-refractivity contribution in [3.05, 3.63) is 68.9 Å². The van der Waals surface area contributed by atoms with Crippen molar-refractivity contribution < 1.29 is 13.2 Å². The van der Waals surface area contributed by atoms with Gasteiger partial charge < -0.3 is 5.32 Å². The molecule has 0 amide bonds. The Balaban J connectivity index is 2.56. The first-order valence-electron chi connectivity index (χ1n) is 6.58. The summed E-state index contributed by atoms with van der Waals surface area (Å²) in [6, 6.07) is 6.78. The first kappa shape index (κ1) is 16.0. The summed E-state index contributed by atoms with van der Waals surface area (Å²) < 4.78 is 42.7. The molecule has 0 saturated carbocycles. The van der Waals surface area contributed by atoms with Crippen molar-refractivity contribution in [1.82, 2.24) is 5.32 Å². The second-order valence-electron chi connectivity index (χ2n) is 4.76. The maximum Gasteiger partial charge on any atom is 0.164 e. The Morgan fingerprint density at radius 3 is 2.33 bits per heavy atom. The van der Waals surface area contributed by atoms with Crippen LogP contribution in [0.1, 0.15) is 29.7 Å². The zero-order chi connectivity index (χ0) is 15.6. The van der Waals surface area contributed by atoms with Gasteiger partial charge in [-0.15, -0.1) is 0 Å². The van der Waals surface area contributed by atoms with Crippen LogP contribution in [0, 0.1) is 24.4 Å². The van der Waals surface area contributed by atoms with E-state index in [4.69, 9.17) is 0 Å². The van der Waals surface area contributed by atoms with E-state index < -0.39 is 23.5 Å². The van der Waals surface area contributed by atoms with Crippen molar-refractivity contribution in [3.8, 4) is 0 Å². The van der Waals surface area contributed by atoms with Gasteiger partial charge in [-0.05, 0) is 31.2 Å². The minimum atomic E-state index is -0.941. The number of rotatable bonds is 4. The minimum absolute atomic E-state index is 0.0983. The molecule has 0 radical (unpaired) electrons. The Bertz CT molecular complexity index is 658. The Labute approximate surface area is 130 Å². The number of halogens is 4. The van der Waals surface area contributed by atoms with Crippen LogP contribution in [0.25, 0.3) is 0 Å². The Morgan fingerprint density at radius 1 is 1.05 bits per heavy atom. The van der Waals surface area contributed by atoms with E-state index in [1.165, 1.54) is 25.1 Å². The van der Waals surface area contributed by atoms with E-state index in [1.807, 2.05) is 6.92 Å². The maximum atomic E-state index is 14.2. The van der Waals surface area contributed by atoms with Gasteiger partial charge in [0, 0.05) is 15.6 Å². The van der Waals surface area contributed by atoms with Gasteiger partial charge in [0.1, 0.15) is 5.82 Å². The summed E-state index contributed by atoms with van der Waals surface area (Å²) in [6.07, 6.45) is 0. The van der Waals surface area contributed by atoms with E-state index >= 15 is 0 Å². The molecule has 0 aliphatic carbocycles. The Morgan fingerprint density at radius 2 is 1.71 bits per heavy atom. The van der Waals surface area contributed by atoms with Crippen LogP contribution in [0.3, 0.4) is 0 Å². The first-order chi connectivity index (χ1) is 9.95. The molecule has 2 rings (SSSR count). The predicted octanol–water partition coefficient (Wildman–Crippen LogP) is 4.87. The Kier molecular flexibility index (Phi) is 5.06. The van der Waals surface area contributed by atoms with Crippen molar-refractivity contribution in [1.29, 1.82) is 0 Å². The van der Waals surface area contributed by atoms with Crippen LogP contribution in [-0.2, 0) is 0 Å². The van der Waals surface area contributed by atoms with Gasteiger partial charge in [0.2, 0.25) is 0 Å². The molecule has 1 N–H and O–H groups in total. The molecule has 21 heavy (non-hydrogen) atoms. The highest BCUT2D eigenvalue weighted by molar-refractivity contribution is 9.10. The van der Waals surface area contributed by atoms with E-state index in [1.54, 1.807) is 12.1 Å². The average molecular weight is 358 g/mol. The third kappa shape index (κ3) is 3.30. The number of benzene rings is 2. The standard InChI is InChI=1S/C16H15BrF3N/c1-3-21-16(11-7-5-10(17)8-13(11)18)12-6-4-9(2)14(19)15(12)20/h4-8,16,21H,3H2,1-2H3. The summed E-state index contributed by atoms with van der Waals surface area (Å²) in [5, 5.41) is 3.00. The molecule has 0 saturated heterocycles. The minimum Gasteiger partial charge on any atom is -0.306 e. The van der Waals surface area contributed by atoms with Crippen LogP contribution in [0.5, 0.6) is 0 Å². The van der Waals surface area contributed by atoms with Crippen molar-refractivity contribution in [2.75, 3.05) is 6.54 Å². The highest BCUT2D eigenvalue weighted by Gasteiger charge is 2.23. The fraction of sp³-hybridized carbons (Fsp3) is 0.250. The van der Waals surface area contributed by atoms with Gasteiger partial charge in [0.15, 0.2) is 11.6 Å². The quantitative estimate of drug-likeness (QED) is 0.822. The molecule has 0 aromatic heterocycles. The monoisotopic (exact) mass is 357 g/mol. The van der Waals surface area contributed by atoms with Gasteiger partial charge in [-0.2, -0.15) is 0 Å². The zero-order valence-corrected chi connectivity index (χ0v) is 13.3. The molecular formula is C16H15BrF3N. The van der Waals surface area contributed by atoms with Gasteiger partial charge in [-0.3, -0.25) is 0 Å². The fourth-order valence-electron chi connectivity index (χ4n) is 2.21. The van der Waals surface area contributed by atoms with Crippen molar-refractivity contribution in [2.24, 2.45) is 0 Å². The summed E-state index contributed by atoms with van der Waals surface area (Å²) >= 11 is 3.18. The van der Waals surface area contributed by atoms with Crippen LogP contribution < -0.4 is 5.32 Å². The second-order valence-corrected chi connectivity index (χ2v) is 5.67. The summed E-state index contributed by atoms with van der Waals surface area (Å²) in [4.78, 5) is 0. The molecule has 2 aromatic carbocycles. The van der Waals surface area contributed by atoms with Crippen molar-refractivity contribution in [2.45, 2.75) is 19.9 Å². The maximum absolute atomic E-state index is 14.2. The van der Waals surface area contributed by atoms with E-state index in [-0.39, 0.29) is 16.7 Å². The van der Waals surface area contributed by atoms with Gasteiger partial charge in [-0.1, -0.05) is 41.1 Å². The van der Waals surface area contributed by atoms with Crippen LogP contribution in [-0.4, -0.2) is 6.54 Å². The topological polar surface area (TPSA) is 12.0 Å². The molecule has 0 heterocycles. The molecule has 0 bridgehead atoms. The average Bonchev–Trinajstić information content (AvgIpc) is 2.44. The third-order valence-corrected chi connectivity index (χ3v) is 3.79.